The first kappa shape index (κ1) is 15.3. The second-order valence-corrected chi connectivity index (χ2v) is 3.85. The lowest BCUT2D eigenvalue weighted by Gasteiger charge is -2.05. The Hall–Kier alpha value is -2.78. The number of hydrogen-bond donors (Lipinski definition) is 2. The van der Waals surface area contributed by atoms with Crippen LogP contribution in [0.3, 0.4) is 0 Å². The number of aromatic nitrogens is 1. The Morgan fingerprint density at radius 1 is 1.30 bits per heavy atom. The van der Waals surface area contributed by atoms with E-state index in [1.54, 1.807) is 0 Å². The van der Waals surface area contributed by atoms with Crippen LogP contribution in [0.15, 0.2) is 12.3 Å². The van der Waals surface area contributed by atoms with E-state index in [1.807, 2.05) is 0 Å². The number of unbranched alkanes of at least 4 members (excludes halogenated alkanes) is 1. The van der Waals surface area contributed by atoms with Crippen LogP contribution < -0.4 is 5.32 Å². The van der Waals surface area contributed by atoms with E-state index in [9.17, 15) is 25.0 Å². The number of nitro groups is 2. The summed E-state index contributed by atoms with van der Waals surface area (Å²) in [5.41, 5.74) is -0.953. The molecule has 0 fully saturated rings. The maximum atomic E-state index is 10.8. The van der Waals surface area contributed by atoms with Crippen molar-refractivity contribution in [3.05, 3.63) is 32.5 Å². The van der Waals surface area contributed by atoms with Crippen LogP contribution in [0, 0.1) is 20.2 Å². The summed E-state index contributed by atoms with van der Waals surface area (Å²) >= 11 is 0. The zero-order valence-electron chi connectivity index (χ0n) is 10.3. The normalized spacial score (nSPS) is 10.0. The molecule has 1 aromatic heterocycles. The Morgan fingerprint density at radius 3 is 2.55 bits per heavy atom. The van der Waals surface area contributed by atoms with Crippen LogP contribution in [-0.4, -0.2) is 32.5 Å². The van der Waals surface area contributed by atoms with Gasteiger partial charge in [0.2, 0.25) is 5.82 Å². The summed E-state index contributed by atoms with van der Waals surface area (Å²) in [5, 5.41) is 32.4. The molecular formula is C10H12N4O6. The molecule has 1 rings (SSSR count). The summed E-state index contributed by atoms with van der Waals surface area (Å²) in [6, 6.07) is 0.826. The minimum absolute atomic E-state index is 0.0114. The number of nitrogens with zero attached hydrogens (tertiary/aromatic N) is 3. The molecule has 0 aliphatic carbocycles. The summed E-state index contributed by atoms with van der Waals surface area (Å²) in [4.78, 5) is 33.7. The monoisotopic (exact) mass is 284 g/mol. The minimum atomic E-state index is -0.913. The topological polar surface area (TPSA) is 149 Å². The lowest BCUT2D eigenvalue weighted by Crippen LogP contribution is -2.07. The molecule has 0 aliphatic heterocycles. The molecular weight excluding hydrogens is 272 g/mol. The molecule has 0 aliphatic rings. The van der Waals surface area contributed by atoms with Gasteiger partial charge < -0.3 is 10.4 Å². The highest BCUT2D eigenvalue weighted by atomic mass is 16.6. The van der Waals surface area contributed by atoms with E-state index < -0.39 is 27.2 Å². The van der Waals surface area contributed by atoms with Crippen LogP contribution in [0.2, 0.25) is 0 Å². The number of rotatable bonds is 8. The van der Waals surface area contributed by atoms with Crippen molar-refractivity contribution in [3.63, 3.8) is 0 Å². The lowest BCUT2D eigenvalue weighted by molar-refractivity contribution is -0.394. The molecule has 1 aromatic rings. The predicted molar refractivity (Wildman–Crippen MR) is 67.5 cm³/mol. The number of pyridine rings is 1. The van der Waals surface area contributed by atoms with Gasteiger partial charge in [0.15, 0.2) is 0 Å². The van der Waals surface area contributed by atoms with Crippen LogP contribution in [-0.2, 0) is 4.79 Å². The van der Waals surface area contributed by atoms with Crippen LogP contribution >= 0.6 is 0 Å². The van der Waals surface area contributed by atoms with Crippen LogP contribution in [0.1, 0.15) is 19.3 Å². The van der Waals surface area contributed by atoms with Crippen molar-refractivity contribution in [1.29, 1.82) is 0 Å². The van der Waals surface area contributed by atoms with Gasteiger partial charge in [-0.2, -0.15) is 0 Å². The van der Waals surface area contributed by atoms with Gasteiger partial charge in [0, 0.05) is 13.0 Å². The summed E-state index contributed by atoms with van der Waals surface area (Å²) in [6.07, 6.45) is 1.84. The molecule has 0 spiro atoms. The van der Waals surface area contributed by atoms with Crippen molar-refractivity contribution < 1.29 is 19.7 Å². The molecule has 0 saturated heterocycles. The predicted octanol–water partition coefficient (Wildman–Crippen LogP) is 1.56. The first-order valence-electron chi connectivity index (χ1n) is 5.66. The second kappa shape index (κ2) is 6.97. The van der Waals surface area contributed by atoms with Crippen molar-refractivity contribution in [1.82, 2.24) is 4.98 Å². The number of carboxylic acid groups (broad SMARTS) is 1. The largest absolute Gasteiger partial charge is 0.481 e. The maximum Gasteiger partial charge on any atom is 0.318 e. The van der Waals surface area contributed by atoms with Crippen molar-refractivity contribution >= 4 is 23.2 Å². The summed E-state index contributed by atoms with van der Waals surface area (Å²) in [7, 11) is 0. The lowest BCUT2D eigenvalue weighted by atomic mass is 10.2. The van der Waals surface area contributed by atoms with Gasteiger partial charge in [-0.15, -0.1) is 0 Å². The standard InChI is InChI=1S/C10H12N4O6/c15-9(16)3-1-2-4-11-10-8(14(19)20)5-7(6-12-10)13(17)18/h5-6H,1-4H2,(H,11,12)(H,15,16). The molecule has 0 unspecified atom stereocenters. The average molecular weight is 284 g/mol. The molecule has 10 heteroatoms. The number of carboxylic acids is 1. The summed E-state index contributed by atoms with van der Waals surface area (Å²) < 4.78 is 0. The average Bonchev–Trinajstić information content (AvgIpc) is 2.37. The summed E-state index contributed by atoms with van der Waals surface area (Å²) in [5.74, 6) is -0.986. The number of anilines is 1. The molecule has 108 valence electrons. The fraction of sp³-hybridized carbons (Fsp3) is 0.400. The molecule has 0 bridgehead atoms. The van der Waals surface area contributed by atoms with Gasteiger partial charge in [-0.3, -0.25) is 25.0 Å². The molecule has 0 aromatic carbocycles. The van der Waals surface area contributed by atoms with Gasteiger partial charge in [0.1, 0.15) is 6.20 Å². The van der Waals surface area contributed by atoms with Gasteiger partial charge in [0.25, 0.3) is 5.69 Å². The Bertz CT molecular complexity index is 532. The first-order valence-corrected chi connectivity index (χ1v) is 5.66. The Kier molecular flexibility index (Phi) is 5.32. The zero-order valence-corrected chi connectivity index (χ0v) is 10.3. The van der Waals surface area contributed by atoms with E-state index in [2.05, 4.69) is 10.3 Å². The molecule has 0 radical (unpaired) electrons. The molecule has 20 heavy (non-hydrogen) atoms. The van der Waals surface area contributed by atoms with Crippen molar-refractivity contribution in [2.75, 3.05) is 11.9 Å². The van der Waals surface area contributed by atoms with Crippen molar-refractivity contribution in [2.45, 2.75) is 19.3 Å². The third kappa shape index (κ3) is 4.48. The third-order valence-corrected chi connectivity index (χ3v) is 2.37. The zero-order chi connectivity index (χ0) is 15.1. The van der Waals surface area contributed by atoms with E-state index in [0.717, 1.165) is 12.3 Å². The number of carbonyl (C=O) groups is 1. The Balaban J connectivity index is 2.67. The van der Waals surface area contributed by atoms with E-state index in [-0.39, 0.29) is 12.2 Å². The Labute approximate surface area is 112 Å². The molecule has 0 atom stereocenters. The van der Waals surface area contributed by atoms with Crippen LogP contribution in [0.25, 0.3) is 0 Å². The van der Waals surface area contributed by atoms with Crippen molar-refractivity contribution in [2.24, 2.45) is 0 Å². The fourth-order valence-electron chi connectivity index (χ4n) is 1.43. The smallest absolute Gasteiger partial charge is 0.318 e. The van der Waals surface area contributed by atoms with Gasteiger partial charge in [0.05, 0.1) is 15.9 Å². The van der Waals surface area contributed by atoms with Crippen molar-refractivity contribution in [3.8, 4) is 0 Å². The van der Waals surface area contributed by atoms with Gasteiger partial charge in [-0.1, -0.05) is 0 Å². The maximum absolute atomic E-state index is 10.8. The van der Waals surface area contributed by atoms with E-state index >= 15 is 0 Å². The molecule has 0 amide bonds. The molecule has 0 saturated carbocycles. The quantitative estimate of drug-likeness (QED) is 0.415. The van der Waals surface area contributed by atoms with E-state index in [0.29, 0.717) is 19.4 Å². The van der Waals surface area contributed by atoms with Gasteiger partial charge in [-0.05, 0) is 12.8 Å². The molecule has 1 heterocycles. The fourth-order valence-corrected chi connectivity index (χ4v) is 1.43. The number of hydrogen-bond acceptors (Lipinski definition) is 7. The van der Waals surface area contributed by atoms with E-state index in [4.69, 9.17) is 5.11 Å². The highest BCUT2D eigenvalue weighted by Gasteiger charge is 2.20. The van der Waals surface area contributed by atoms with E-state index in [1.165, 1.54) is 0 Å². The van der Waals surface area contributed by atoms with Gasteiger partial charge in [-0.25, -0.2) is 4.98 Å². The van der Waals surface area contributed by atoms with Crippen LogP contribution in [0.4, 0.5) is 17.2 Å². The number of aliphatic carboxylic acids is 1. The van der Waals surface area contributed by atoms with Crippen LogP contribution in [0.5, 0.6) is 0 Å². The minimum Gasteiger partial charge on any atom is -0.481 e. The first-order chi connectivity index (χ1) is 9.41. The third-order valence-electron chi connectivity index (χ3n) is 2.37. The Morgan fingerprint density at radius 2 is 2.00 bits per heavy atom. The number of nitrogens with one attached hydrogen (secondary N) is 1. The summed E-state index contributed by atoms with van der Waals surface area (Å²) in [6.45, 7) is 0.291. The highest BCUT2D eigenvalue weighted by molar-refractivity contribution is 5.66. The SMILES string of the molecule is O=C(O)CCCCNc1ncc([N+](=O)[O-])cc1[N+](=O)[O-]. The second-order valence-electron chi connectivity index (χ2n) is 3.85. The highest BCUT2D eigenvalue weighted by Crippen LogP contribution is 2.26. The molecule has 2 N–H and O–H groups in total. The molecule has 10 nitrogen and oxygen atoms in total. The van der Waals surface area contributed by atoms with Gasteiger partial charge >= 0.3 is 11.7 Å².